The summed E-state index contributed by atoms with van der Waals surface area (Å²) in [7, 11) is 0. The SMILES string of the molecule is Cc1nc2cc(NC(=O)c3ccccc3-n3cnnn3)ccc2o1. The van der Waals surface area contributed by atoms with Crippen molar-refractivity contribution in [3.8, 4) is 5.69 Å². The molecule has 0 saturated carbocycles. The van der Waals surface area contributed by atoms with Crippen molar-refractivity contribution in [3.63, 3.8) is 0 Å². The quantitative estimate of drug-likeness (QED) is 0.622. The molecule has 24 heavy (non-hydrogen) atoms. The summed E-state index contributed by atoms with van der Waals surface area (Å²) in [5.41, 5.74) is 3.06. The zero-order valence-electron chi connectivity index (χ0n) is 12.7. The van der Waals surface area contributed by atoms with Crippen LogP contribution in [0.3, 0.4) is 0 Å². The van der Waals surface area contributed by atoms with Gasteiger partial charge in [0.1, 0.15) is 11.8 Å². The molecule has 0 spiro atoms. The fraction of sp³-hybridized carbons (Fsp3) is 0.0625. The molecule has 0 aliphatic carbocycles. The van der Waals surface area contributed by atoms with Crippen molar-refractivity contribution in [1.82, 2.24) is 25.2 Å². The number of fused-ring (bicyclic) bond motifs is 1. The van der Waals surface area contributed by atoms with Crippen LogP contribution in [0.2, 0.25) is 0 Å². The fourth-order valence-corrected chi connectivity index (χ4v) is 2.46. The first kappa shape index (κ1) is 14.1. The van der Waals surface area contributed by atoms with Gasteiger partial charge in [0.2, 0.25) is 0 Å². The van der Waals surface area contributed by atoms with E-state index >= 15 is 0 Å². The molecule has 0 aliphatic rings. The van der Waals surface area contributed by atoms with Crippen LogP contribution in [-0.4, -0.2) is 31.1 Å². The smallest absolute Gasteiger partial charge is 0.257 e. The van der Waals surface area contributed by atoms with Gasteiger partial charge in [0.15, 0.2) is 11.5 Å². The lowest BCUT2D eigenvalue weighted by Gasteiger charge is -2.09. The van der Waals surface area contributed by atoms with Crippen LogP contribution in [0.15, 0.2) is 53.2 Å². The zero-order valence-corrected chi connectivity index (χ0v) is 12.7. The van der Waals surface area contributed by atoms with Crippen molar-refractivity contribution in [1.29, 1.82) is 0 Å². The highest BCUT2D eigenvalue weighted by molar-refractivity contribution is 6.07. The Bertz CT molecular complexity index is 1020. The minimum atomic E-state index is -0.263. The number of oxazole rings is 1. The Morgan fingerprint density at radius 3 is 2.92 bits per heavy atom. The zero-order chi connectivity index (χ0) is 16.5. The van der Waals surface area contributed by atoms with Crippen LogP contribution in [-0.2, 0) is 0 Å². The van der Waals surface area contributed by atoms with Crippen LogP contribution < -0.4 is 5.32 Å². The van der Waals surface area contributed by atoms with Crippen molar-refractivity contribution in [2.24, 2.45) is 0 Å². The van der Waals surface area contributed by atoms with Gasteiger partial charge in [-0.2, -0.15) is 4.68 Å². The van der Waals surface area contributed by atoms with Crippen LogP contribution in [0.25, 0.3) is 16.8 Å². The third-order valence-electron chi connectivity index (χ3n) is 3.50. The molecule has 2 heterocycles. The molecule has 0 aliphatic heterocycles. The lowest BCUT2D eigenvalue weighted by Crippen LogP contribution is -2.15. The lowest BCUT2D eigenvalue weighted by molar-refractivity contribution is 0.102. The molecule has 0 bridgehead atoms. The number of aryl methyl sites for hydroxylation is 1. The van der Waals surface area contributed by atoms with Crippen molar-refractivity contribution >= 4 is 22.7 Å². The van der Waals surface area contributed by atoms with Crippen LogP contribution in [0.5, 0.6) is 0 Å². The van der Waals surface area contributed by atoms with E-state index in [0.717, 1.165) is 0 Å². The number of anilines is 1. The van der Waals surface area contributed by atoms with Gasteiger partial charge in [-0.05, 0) is 40.8 Å². The standard InChI is InChI=1S/C16H12N6O2/c1-10-18-13-8-11(6-7-15(13)24-10)19-16(23)12-4-2-3-5-14(12)22-9-17-20-21-22/h2-9H,1H3,(H,19,23). The largest absolute Gasteiger partial charge is 0.441 e. The highest BCUT2D eigenvalue weighted by Gasteiger charge is 2.14. The van der Waals surface area contributed by atoms with Gasteiger partial charge in [0.25, 0.3) is 5.91 Å². The van der Waals surface area contributed by atoms with E-state index in [1.807, 2.05) is 6.07 Å². The summed E-state index contributed by atoms with van der Waals surface area (Å²) in [6, 6.07) is 12.4. The van der Waals surface area contributed by atoms with Crippen molar-refractivity contribution in [2.45, 2.75) is 6.92 Å². The monoisotopic (exact) mass is 320 g/mol. The van der Waals surface area contributed by atoms with Gasteiger partial charge in [0, 0.05) is 12.6 Å². The molecule has 1 N–H and O–H groups in total. The Labute approximate surface area is 136 Å². The second kappa shape index (κ2) is 5.58. The van der Waals surface area contributed by atoms with Crippen molar-refractivity contribution < 1.29 is 9.21 Å². The van der Waals surface area contributed by atoms with Gasteiger partial charge >= 0.3 is 0 Å². The number of amides is 1. The summed E-state index contributed by atoms with van der Waals surface area (Å²) < 4.78 is 6.87. The third kappa shape index (κ3) is 2.50. The molecule has 0 fully saturated rings. The highest BCUT2D eigenvalue weighted by atomic mass is 16.3. The van der Waals surface area contributed by atoms with Gasteiger partial charge < -0.3 is 9.73 Å². The summed E-state index contributed by atoms with van der Waals surface area (Å²) in [5.74, 6) is 0.318. The number of tetrazole rings is 1. The Kier molecular flexibility index (Phi) is 3.27. The number of carbonyl (C=O) groups is 1. The number of benzene rings is 2. The minimum Gasteiger partial charge on any atom is -0.441 e. The number of hydrogen-bond acceptors (Lipinski definition) is 6. The first-order valence-electron chi connectivity index (χ1n) is 7.21. The van der Waals surface area contributed by atoms with Crippen LogP contribution in [0.4, 0.5) is 5.69 Å². The normalized spacial score (nSPS) is 10.9. The highest BCUT2D eigenvalue weighted by Crippen LogP contribution is 2.21. The molecule has 4 aromatic rings. The van der Waals surface area contributed by atoms with Crippen molar-refractivity contribution in [3.05, 3.63) is 60.2 Å². The molecular weight excluding hydrogens is 308 g/mol. The molecule has 8 heteroatoms. The van der Waals surface area contributed by atoms with Crippen LogP contribution >= 0.6 is 0 Å². The first-order chi connectivity index (χ1) is 11.7. The second-order valence-electron chi connectivity index (χ2n) is 5.14. The molecule has 1 amide bonds. The maximum absolute atomic E-state index is 12.6. The van der Waals surface area contributed by atoms with Gasteiger partial charge in [-0.3, -0.25) is 4.79 Å². The second-order valence-corrected chi connectivity index (χ2v) is 5.14. The number of hydrogen-bond donors (Lipinski definition) is 1. The van der Waals surface area contributed by atoms with E-state index in [-0.39, 0.29) is 5.91 Å². The van der Waals surface area contributed by atoms with E-state index in [0.29, 0.717) is 33.9 Å². The minimum absolute atomic E-state index is 0.263. The number of rotatable bonds is 3. The average molecular weight is 320 g/mol. The maximum Gasteiger partial charge on any atom is 0.257 e. The van der Waals surface area contributed by atoms with Crippen molar-refractivity contribution in [2.75, 3.05) is 5.32 Å². The van der Waals surface area contributed by atoms with E-state index in [1.165, 1.54) is 11.0 Å². The summed E-state index contributed by atoms with van der Waals surface area (Å²) in [4.78, 5) is 16.9. The number of para-hydroxylation sites is 1. The van der Waals surface area contributed by atoms with E-state index < -0.39 is 0 Å². The average Bonchev–Trinajstić information content (AvgIpc) is 3.23. The number of carbonyl (C=O) groups excluding carboxylic acids is 1. The number of aromatic nitrogens is 5. The molecule has 0 radical (unpaired) electrons. The summed E-state index contributed by atoms with van der Waals surface area (Å²) in [6.07, 6.45) is 1.44. The topological polar surface area (TPSA) is 98.7 Å². The van der Waals surface area contributed by atoms with Crippen LogP contribution in [0, 0.1) is 6.92 Å². The summed E-state index contributed by atoms with van der Waals surface area (Å²) in [5, 5.41) is 13.9. The molecule has 2 aromatic heterocycles. The predicted molar refractivity (Wildman–Crippen MR) is 85.9 cm³/mol. The third-order valence-corrected chi connectivity index (χ3v) is 3.50. The summed E-state index contributed by atoms with van der Waals surface area (Å²) in [6.45, 7) is 1.78. The van der Waals surface area contributed by atoms with Gasteiger partial charge in [-0.25, -0.2) is 4.98 Å². The molecule has 4 rings (SSSR count). The lowest BCUT2D eigenvalue weighted by atomic mass is 10.1. The maximum atomic E-state index is 12.6. The Hall–Kier alpha value is -3.55. The molecule has 0 saturated heterocycles. The summed E-state index contributed by atoms with van der Waals surface area (Å²) >= 11 is 0. The van der Waals surface area contributed by atoms with E-state index in [2.05, 4.69) is 25.8 Å². The van der Waals surface area contributed by atoms with Gasteiger partial charge in [-0.15, -0.1) is 5.10 Å². The molecule has 8 nitrogen and oxygen atoms in total. The van der Waals surface area contributed by atoms with E-state index in [4.69, 9.17) is 4.42 Å². The number of nitrogens with one attached hydrogen (secondary N) is 1. The molecule has 118 valence electrons. The van der Waals surface area contributed by atoms with E-state index in [1.54, 1.807) is 43.3 Å². The predicted octanol–water partition coefficient (Wildman–Crippen LogP) is 2.36. The first-order valence-corrected chi connectivity index (χ1v) is 7.21. The van der Waals surface area contributed by atoms with E-state index in [9.17, 15) is 4.79 Å². The van der Waals surface area contributed by atoms with Gasteiger partial charge in [-0.1, -0.05) is 12.1 Å². The Morgan fingerprint density at radius 2 is 2.08 bits per heavy atom. The molecule has 2 aromatic carbocycles. The molecule has 0 atom stereocenters. The Morgan fingerprint density at radius 1 is 1.21 bits per heavy atom. The molecular formula is C16H12N6O2. The fourth-order valence-electron chi connectivity index (χ4n) is 2.46. The Balaban J connectivity index is 1.66. The van der Waals surface area contributed by atoms with Gasteiger partial charge in [0.05, 0.1) is 11.3 Å². The number of nitrogens with zero attached hydrogens (tertiary/aromatic N) is 5. The molecule has 0 unspecified atom stereocenters. The van der Waals surface area contributed by atoms with Crippen LogP contribution in [0.1, 0.15) is 16.2 Å².